The summed E-state index contributed by atoms with van der Waals surface area (Å²) in [4.78, 5) is 23.2. The van der Waals surface area contributed by atoms with E-state index in [-0.39, 0.29) is 12.3 Å². The first-order valence-corrected chi connectivity index (χ1v) is 8.47. The van der Waals surface area contributed by atoms with Crippen LogP contribution < -0.4 is 5.32 Å². The van der Waals surface area contributed by atoms with E-state index in [0.717, 1.165) is 41.3 Å². The number of hydrogen-bond acceptors (Lipinski definition) is 2. The largest absolute Gasteiger partial charge is 0.481 e. The van der Waals surface area contributed by atoms with Crippen molar-refractivity contribution in [2.45, 2.75) is 57.4 Å². The highest BCUT2D eigenvalue weighted by Crippen LogP contribution is 2.32. The van der Waals surface area contributed by atoms with Gasteiger partial charge in [0.25, 0.3) is 0 Å². The maximum absolute atomic E-state index is 12.2. The second kappa shape index (κ2) is 7.27. The minimum Gasteiger partial charge on any atom is -0.481 e. The van der Waals surface area contributed by atoms with Gasteiger partial charge in [-0.15, -0.1) is 0 Å². The first-order valence-electron chi connectivity index (χ1n) is 7.68. The number of nitrogens with one attached hydrogen (secondary N) is 1. The third kappa shape index (κ3) is 4.57. The molecule has 0 aliphatic heterocycles. The van der Waals surface area contributed by atoms with Crippen LogP contribution in [0.2, 0.25) is 0 Å². The van der Waals surface area contributed by atoms with Gasteiger partial charge in [-0.25, -0.2) is 0 Å². The van der Waals surface area contributed by atoms with Crippen LogP contribution in [0.15, 0.2) is 22.7 Å². The number of hydrogen-bond donors (Lipinski definition) is 2. The molecular formula is C17H22BrNO3. The molecule has 2 N–H and O–H groups in total. The Kier molecular flexibility index (Phi) is 5.62. The van der Waals surface area contributed by atoms with Crippen molar-refractivity contribution in [2.24, 2.45) is 0 Å². The average molecular weight is 368 g/mol. The van der Waals surface area contributed by atoms with Gasteiger partial charge in [0.15, 0.2) is 0 Å². The Labute approximate surface area is 139 Å². The van der Waals surface area contributed by atoms with Crippen molar-refractivity contribution in [3.8, 4) is 0 Å². The number of halogens is 1. The molecule has 2 rings (SSSR count). The van der Waals surface area contributed by atoms with E-state index in [4.69, 9.17) is 5.11 Å². The molecule has 0 atom stereocenters. The number of rotatable bonds is 6. The lowest BCUT2D eigenvalue weighted by molar-refractivity contribution is -0.139. The molecule has 0 radical (unpaired) electrons. The summed E-state index contributed by atoms with van der Waals surface area (Å²) >= 11 is 3.46. The summed E-state index contributed by atoms with van der Waals surface area (Å²) in [6.45, 7) is 2.02. The molecule has 1 fully saturated rings. The van der Waals surface area contributed by atoms with Gasteiger partial charge < -0.3 is 10.4 Å². The van der Waals surface area contributed by atoms with E-state index in [1.807, 2.05) is 19.1 Å². The summed E-state index contributed by atoms with van der Waals surface area (Å²) in [7, 11) is 0. The number of carboxylic acids is 1. The van der Waals surface area contributed by atoms with Crippen LogP contribution in [0.25, 0.3) is 0 Å². The maximum atomic E-state index is 12.2. The van der Waals surface area contributed by atoms with E-state index in [1.165, 1.54) is 0 Å². The van der Waals surface area contributed by atoms with Gasteiger partial charge in [0.05, 0.1) is 12.0 Å². The van der Waals surface area contributed by atoms with Crippen LogP contribution in [0.3, 0.4) is 0 Å². The van der Waals surface area contributed by atoms with E-state index in [2.05, 4.69) is 27.3 Å². The molecule has 0 bridgehead atoms. The van der Waals surface area contributed by atoms with Crippen LogP contribution in [0.1, 0.15) is 49.7 Å². The van der Waals surface area contributed by atoms with Gasteiger partial charge in [0.2, 0.25) is 5.91 Å². The Hall–Kier alpha value is -1.36. The summed E-state index contributed by atoms with van der Waals surface area (Å²) in [5, 5.41) is 12.1. The smallest absolute Gasteiger partial charge is 0.305 e. The number of amides is 1. The third-order valence-corrected chi connectivity index (χ3v) is 5.21. The van der Waals surface area contributed by atoms with E-state index in [1.54, 1.807) is 0 Å². The highest BCUT2D eigenvalue weighted by atomic mass is 79.9. The molecule has 4 nitrogen and oxygen atoms in total. The second-order valence-corrected chi connectivity index (χ2v) is 7.04. The van der Waals surface area contributed by atoms with Crippen molar-refractivity contribution in [1.29, 1.82) is 0 Å². The monoisotopic (exact) mass is 367 g/mol. The fraction of sp³-hybridized carbons (Fsp3) is 0.529. The normalized spacial score (nSPS) is 16.5. The standard InChI is InChI=1S/C17H22BrNO3/c1-12-10-13(4-6-14(12)18)5-7-15(20)19-17(11-16(21)22)8-2-3-9-17/h4,6,10H,2-3,5,7-9,11H2,1H3,(H,19,20)(H,21,22). The fourth-order valence-corrected chi connectivity index (χ4v) is 3.41. The van der Waals surface area contributed by atoms with Crippen molar-refractivity contribution in [3.63, 3.8) is 0 Å². The Bertz CT molecular complexity index is 565. The number of carbonyl (C=O) groups excluding carboxylic acids is 1. The number of aryl methyl sites for hydroxylation is 2. The summed E-state index contributed by atoms with van der Waals surface area (Å²) in [5.74, 6) is -0.894. The van der Waals surface area contributed by atoms with E-state index in [0.29, 0.717) is 12.8 Å². The Morgan fingerprint density at radius 2 is 2.00 bits per heavy atom. The molecule has 0 heterocycles. The minimum atomic E-state index is -0.842. The Morgan fingerprint density at radius 3 is 2.59 bits per heavy atom. The quantitative estimate of drug-likeness (QED) is 0.807. The SMILES string of the molecule is Cc1cc(CCC(=O)NC2(CC(=O)O)CCCC2)ccc1Br. The molecule has 1 aliphatic carbocycles. The lowest BCUT2D eigenvalue weighted by Gasteiger charge is -2.28. The van der Waals surface area contributed by atoms with Crippen LogP contribution in [0.5, 0.6) is 0 Å². The first-order chi connectivity index (χ1) is 10.4. The van der Waals surface area contributed by atoms with Crippen molar-refractivity contribution in [1.82, 2.24) is 5.32 Å². The van der Waals surface area contributed by atoms with Gasteiger partial charge >= 0.3 is 5.97 Å². The molecule has 1 aromatic rings. The molecule has 1 amide bonds. The van der Waals surface area contributed by atoms with Crippen LogP contribution in [-0.4, -0.2) is 22.5 Å². The van der Waals surface area contributed by atoms with Crippen molar-refractivity contribution < 1.29 is 14.7 Å². The van der Waals surface area contributed by atoms with Gasteiger partial charge in [0.1, 0.15) is 0 Å². The summed E-state index contributed by atoms with van der Waals surface area (Å²) < 4.78 is 1.06. The molecule has 0 aromatic heterocycles. The second-order valence-electron chi connectivity index (χ2n) is 6.19. The van der Waals surface area contributed by atoms with Crippen molar-refractivity contribution in [3.05, 3.63) is 33.8 Å². The van der Waals surface area contributed by atoms with E-state index in [9.17, 15) is 9.59 Å². The molecule has 1 aromatic carbocycles. The highest BCUT2D eigenvalue weighted by Gasteiger charge is 2.37. The molecule has 1 saturated carbocycles. The van der Waals surface area contributed by atoms with Gasteiger partial charge in [-0.1, -0.05) is 40.9 Å². The fourth-order valence-electron chi connectivity index (χ4n) is 3.17. The predicted octanol–water partition coefficient (Wildman–Crippen LogP) is 3.59. The van der Waals surface area contributed by atoms with E-state index >= 15 is 0 Å². The molecule has 120 valence electrons. The Morgan fingerprint density at radius 1 is 1.32 bits per heavy atom. The summed E-state index contributed by atoms with van der Waals surface area (Å²) in [5.41, 5.74) is 1.74. The summed E-state index contributed by atoms with van der Waals surface area (Å²) in [6, 6.07) is 6.07. The first kappa shape index (κ1) is 17.0. The molecule has 0 unspecified atom stereocenters. The van der Waals surface area contributed by atoms with Crippen LogP contribution in [0, 0.1) is 6.92 Å². The number of carbonyl (C=O) groups is 2. The molecule has 0 saturated heterocycles. The zero-order valence-corrected chi connectivity index (χ0v) is 14.4. The van der Waals surface area contributed by atoms with E-state index < -0.39 is 11.5 Å². The topological polar surface area (TPSA) is 66.4 Å². The third-order valence-electron chi connectivity index (χ3n) is 4.32. The zero-order chi connectivity index (χ0) is 16.2. The maximum Gasteiger partial charge on any atom is 0.305 e. The molecule has 22 heavy (non-hydrogen) atoms. The lowest BCUT2D eigenvalue weighted by Crippen LogP contribution is -2.47. The van der Waals surface area contributed by atoms with Crippen molar-refractivity contribution >= 4 is 27.8 Å². The number of carboxylic acid groups (broad SMARTS) is 1. The zero-order valence-electron chi connectivity index (χ0n) is 12.8. The molecule has 5 heteroatoms. The predicted molar refractivity (Wildman–Crippen MR) is 88.8 cm³/mol. The Balaban J connectivity index is 1.91. The van der Waals surface area contributed by atoms with Gasteiger partial charge in [-0.3, -0.25) is 9.59 Å². The molecular weight excluding hydrogens is 346 g/mol. The van der Waals surface area contributed by atoms with Gasteiger partial charge in [0, 0.05) is 10.9 Å². The lowest BCUT2D eigenvalue weighted by atomic mass is 9.92. The summed E-state index contributed by atoms with van der Waals surface area (Å²) in [6.07, 6.45) is 4.59. The minimum absolute atomic E-state index is 0.0239. The van der Waals surface area contributed by atoms with Crippen LogP contribution >= 0.6 is 15.9 Å². The highest BCUT2D eigenvalue weighted by molar-refractivity contribution is 9.10. The number of benzene rings is 1. The number of aliphatic carboxylic acids is 1. The molecule has 1 aliphatic rings. The van der Waals surface area contributed by atoms with Gasteiger partial charge in [-0.05, 0) is 43.4 Å². The van der Waals surface area contributed by atoms with Crippen LogP contribution in [-0.2, 0) is 16.0 Å². The molecule has 0 spiro atoms. The van der Waals surface area contributed by atoms with Gasteiger partial charge in [-0.2, -0.15) is 0 Å². The van der Waals surface area contributed by atoms with Crippen LogP contribution in [0.4, 0.5) is 0 Å². The van der Waals surface area contributed by atoms with Crippen molar-refractivity contribution in [2.75, 3.05) is 0 Å². The average Bonchev–Trinajstić information content (AvgIpc) is 2.87.